The van der Waals surface area contributed by atoms with Gasteiger partial charge in [0.2, 0.25) is 0 Å². The van der Waals surface area contributed by atoms with Gasteiger partial charge in [0.25, 0.3) is 0 Å². The Morgan fingerprint density at radius 1 is 1.43 bits per heavy atom. The van der Waals surface area contributed by atoms with E-state index < -0.39 is 0 Å². The molecule has 1 fully saturated rings. The lowest BCUT2D eigenvalue weighted by atomic mass is 9.77. The van der Waals surface area contributed by atoms with Gasteiger partial charge in [0.05, 0.1) is 5.54 Å². The number of hydrogen-bond donors (Lipinski definition) is 1. The van der Waals surface area contributed by atoms with Gasteiger partial charge in [-0.25, -0.2) is 4.98 Å². The van der Waals surface area contributed by atoms with Crippen molar-refractivity contribution in [2.24, 2.45) is 12.8 Å². The molecule has 1 aromatic rings. The number of hydrogen-bond acceptors (Lipinski definition) is 3. The Hall–Kier alpha value is -0.900. The van der Waals surface area contributed by atoms with Gasteiger partial charge in [-0.2, -0.15) is 5.10 Å². The predicted octanol–water partition coefficient (Wildman–Crippen LogP) is 1.28. The third-order valence-corrected chi connectivity index (χ3v) is 2.99. The molecule has 0 amide bonds. The summed E-state index contributed by atoms with van der Waals surface area (Å²) >= 11 is 0. The largest absolute Gasteiger partial charge is 0.319 e. The predicted molar refractivity (Wildman–Crippen MR) is 54.8 cm³/mol. The highest BCUT2D eigenvalue weighted by Crippen LogP contribution is 2.37. The smallest absolute Gasteiger partial charge is 0.153 e. The highest BCUT2D eigenvalue weighted by atomic mass is 15.3. The van der Waals surface area contributed by atoms with Crippen LogP contribution < -0.4 is 5.73 Å². The minimum atomic E-state index is -0.200. The molecule has 0 aliphatic heterocycles. The highest BCUT2D eigenvalue weighted by molar-refractivity contribution is 5.12. The first-order chi connectivity index (χ1) is 6.53. The molecule has 1 aliphatic carbocycles. The van der Waals surface area contributed by atoms with Gasteiger partial charge in [-0.3, -0.25) is 4.68 Å². The summed E-state index contributed by atoms with van der Waals surface area (Å²) in [6.07, 6.45) is 3.29. The van der Waals surface area contributed by atoms with Gasteiger partial charge in [-0.05, 0) is 19.3 Å². The summed E-state index contributed by atoms with van der Waals surface area (Å²) in [5, 5.41) is 4.38. The van der Waals surface area contributed by atoms with E-state index in [1.165, 1.54) is 6.42 Å². The monoisotopic (exact) mass is 194 g/mol. The lowest BCUT2D eigenvalue weighted by molar-refractivity contribution is 0.230. The summed E-state index contributed by atoms with van der Waals surface area (Å²) in [6.45, 7) is 4.20. The van der Waals surface area contributed by atoms with Gasteiger partial charge in [0, 0.05) is 13.0 Å². The van der Waals surface area contributed by atoms with Crippen LogP contribution in [0, 0.1) is 0 Å². The van der Waals surface area contributed by atoms with Crippen molar-refractivity contribution in [3.63, 3.8) is 0 Å². The zero-order valence-corrected chi connectivity index (χ0v) is 9.12. The van der Waals surface area contributed by atoms with E-state index in [1.807, 2.05) is 11.7 Å². The molecule has 0 bridgehead atoms. The quantitative estimate of drug-likeness (QED) is 0.771. The fourth-order valence-electron chi connectivity index (χ4n) is 1.86. The van der Waals surface area contributed by atoms with Crippen molar-refractivity contribution < 1.29 is 0 Å². The fourth-order valence-corrected chi connectivity index (χ4v) is 1.86. The number of nitrogens with two attached hydrogens (primary N) is 1. The number of nitrogens with zero attached hydrogens (tertiary/aromatic N) is 3. The summed E-state index contributed by atoms with van der Waals surface area (Å²) in [6, 6.07) is 0. The van der Waals surface area contributed by atoms with Crippen LogP contribution in [0.1, 0.15) is 50.7 Å². The van der Waals surface area contributed by atoms with E-state index in [-0.39, 0.29) is 5.54 Å². The molecule has 4 nitrogen and oxygen atoms in total. The fraction of sp³-hybridized carbons (Fsp3) is 0.800. The van der Waals surface area contributed by atoms with Crippen LogP contribution in [0.2, 0.25) is 0 Å². The third kappa shape index (κ3) is 1.34. The molecule has 1 heterocycles. The Balaban J connectivity index is 2.34. The minimum Gasteiger partial charge on any atom is -0.319 e. The van der Waals surface area contributed by atoms with E-state index in [2.05, 4.69) is 23.9 Å². The topological polar surface area (TPSA) is 56.7 Å². The van der Waals surface area contributed by atoms with E-state index in [1.54, 1.807) is 0 Å². The lowest BCUT2D eigenvalue weighted by Crippen LogP contribution is -2.45. The Morgan fingerprint density at radius 2 is 2.07 bits per heavy atom. The Bertz CT molecular complexity index is 336. The summed E-state index contributed by atoms with van der Waals surface area (Å²) in [5.41, 5.74) is 6.02. The van der Waals surface area contributed by atoms with Crippen LogP contribution in [0.3, 0.4) is 0 Å². The van der Waals surface area contributed by atoms with Crippen LogP contribution in [0.25, 0.3) is 0 Å². The lowest BCUT2D eigenvalue weighted by Gasteiger charge is -2.36. The second kappa shape index (κ2) is 3.05. The number of aryl methyl sites for hydroxylation is 1. The maximum Gasteiger partial charge on any atom is 0.153 e. The van der Waals surface area contributed by atoms with Gasteiger partial charge >= 0.3 is 0 Å². The molecule has 2 N–H and O–H groups in total. The average Bonchev–Trinajstić information content (AvgIpc) is 2.43. The molecule has 0 atom stereocenters. The van der Waals surface area contributed by atoms with Gasteiger partial charge in [0.15, 0.2) is 5.82 Å². The Kier molecular flexibility index (Phi) is 2.10. The standard InChI is InChI=1S/C10H18N4/c1-7(2)8-12-9(14(3)13-8)10(11)5-4-6-10/h7H,4-6,11H2,1-3H3. The second-order valence-electron chi connectivity index (χ2n) is 4.58. The molecule has 1 saturated carbocycles. The Labute approximate surface area is 84.5 Å². The molecule has 1 aliphatic rings. The summed E-state index contributed by atoms with van der Waals surface area (Å²) in [7, 11) is 1.93. The number of aromatic nitrogens is 3. The zero-order valence-electron chi connectivity index (χ0n) is 9.12. The molecule has 0 unspecified atom stereocenters. The van der Waals surface area contributed by atoms with Gasteiger partial charge in [-0.15, -0.1) is 0 Å². The average molecular weight is 194 g/mol. The van der Waals surface area contributed by atoms with Crippen LogP contribution >= 0.6 is 0 Å². The zero-order chi connectivity index (χ0) is 10.3. The first kappa shape index (κ1) is 9.65. The van der Waals surface area contributed by atoms with Crippen LogP contribution in [0.4, 0.5) is 0 Å². The van der Waals surface area contributed by atoms with Crippen molar-refractivity contribution >= 4 is 0 Å². The first-order valence-electron chi connectivity index (χ1n) is 5.23. The van der Waals surface area contributed by atoms with E-state index in [9.17, 15) is 0 Å². The highest BCUT2D eigenvalue weighted by Gasteiger charge is 2.38. The molecule has 78 valence electrons. The maximum absolute atomic E-state index is 6.22. The molecule has 0 saturated heterocycles. The van der Waals surface area contributed by atoms with Crippen molar-refractivity contribution in [3.05, 3.63) is 11.6 Å². The molecule has 14 heavy (non-hydrogen) atoms. The van der Waals surface area contributed by atoms with Crippen LogP contribution in [0.5, 0.6) is 0 Å². The normalized spacial score (nSPS) is 19.8. The molecular formula is C10H18N4. The Morgan fingerprint density at radius 3 is 2.43 bits per heavy atom. The summed E-state index contributed by atoms with van der Waals surface area (Å²) in [4.78, 5) is 4.53. The molecule has 0 spiro atoms. The maximum atomic E-state index is 6.22. The van der Waals surface area contributed by atoms with Crippen LogP contribution in [-0.4, -0.2) is 14.8 Å². The second-order valence-corrected chi connectivity index (χ2v) is 4.58. The van der Waals surface area contributed by atoms with Crippen LogP contribution in [-0.2, 0) is 12.6 Å². The van der Waals surface area contributed by atoms with Crippen molar-refractivity contribution in [1.82, 2.24) is 14.8 Å². The summed E-state index contributed by atoms with van der Waals surface area (Å²) < 4.78 is 1.84. The third-order valence-electron chi connectivity index (χ3n) is 2.99. The first-order valence-corrected chi connectivity index (χ1v) is 5.23. The van der Waals surface area contributed by atoms with Gasteiger partial charge in [-0.1, -0.05) is 13.8 Å². The summed E-state index contributed by atoms with van der Waals surface area (Å²) in [5.74, 6) is 2.23. The SMILES string of the molecule is CC(C)c1nc(C2(N)CCC2)n(C)n1. The van der Waals surface area contributed by atoms with E-state index in [0.29, 0.717) is 5.92 Å². The van der Waals surface area contributed by atoms with Crippen molar-refractivity contribution in [2.75, 3.05) is 0 Å². The van der Waals surface area contributed by atoms with E-state index >= 15 is 0 Å². The minimum absolute atomic E-state index is 0.200. The van der Waals surface area contributed by atoms with Crippen molar-refractivity contribution in [3.8, 4) is 0 Å². The van der Waals surface area contributed by atoms with Crippen LogP contribution in [0.15, 0.2) is 0 Å². The van der Waals surface area contributed by atoms with Gasteiger partial charge < -0.3 is 5.73 Å². The molecule has 0 radical (unpaired) electrons. The van der Waals surface area contributed by atoms with E-state index in [4.69, 9.17) is 5.73 Å². The molecule has 4 heteroatoms. The van der Waals surface area contributed by atoms with Gasteiger partial charge in [0.1, 0.15) is 5.82 Å². The number of rotatable bonds is 2. The molecule has 2 rings (SSSR count). The van der Waals surface area contributed by atoms with E-state index in [0.717, 1.165) is 24.5 Å². The molecular weight excluding hydrogens is 176 g/mol. The van der Waals surface area contributed by atoms with Crippen molar-refractivity contribution in [1.29, 1.82) is 0 Å². The molecule has 0 aromatic carbocycles. The molecule has 1 aromatic heterocycles. The van der Waals surface area contributed by atoms with Crippen molar-refractivity contribution in [2.45, 2.75) is 44.6 Å².